The Labute approximate surface area is 143 Å². The Bertz CT molecular complexity index is 966. The Morgan fingerprint density at radius 1 is 1.16 bits per heavy atom. The van der Waals surface area contributed by atoms with Crippen LogP contribution in [0.1, 0.15) is 0 Å². The summed E-state index contributed by atoms with van der Waals surface area (Å²) in [5, 5.41) is 13.5. The van der Waals surface area contributed by atoms with E-state index in [9.17, 15) is 10.0 Å². The topological polar surface area (TPSA) is 92.5 Å². The summed E-state index contributed by atoms with van der Waals surface area (Å²) >= 11 is 0. The molecule has 25 heavy (non-hydrogen) atoms. The van der Waals surface area contributed by atoms with Crippen molar-refractivity contribution in [3.63, 3.8) is 0 Å². The van der Waals surface area contributed by atoms with Crippen LogP contribution in [0.2, 0.25) is 0 Å². The van der Waals surface area contributed by atoms with E-state index < -0.39 is 5.69 Å². The van der Waals surface area contributed by atoms with E-state index in [0.29, 0.717) is 29.1 Å². The van der Waals surface area contributed by atoms with E-state index in [-0.39, 0.29) is 5.65 Å². The minimum absolute atomic E-state index is 0.161. The SMILES string of the molecule is O=c1nc(Nc2cccc(N3CCOCC3)c2)c2cccnc2n1O. The zero-order chi connectivity index (χ0) is 17.2. The first-order valence-electron chi connectivity index (χ1n) is 7.99. The van der Waals surface area contributed by atoms with E-state index in [2.05, 4.69) is 20.2 Å². The van der Waals surface area contributed by atoms with Crippen LogP contribution in [0.3, 0.4) is 0 Å². The van der Waals surface area contributed by atoms with Crippen molar-refractivity contribution in [3.8, 4) is 0 Å². The lowest BCUT2D eigenvalue weighted by molar-refractivity contribution is 0.122. The zero-order valence-electron chi connectivity index (χ0n) is 13.4. The van der Waals surface area contributed by atoms with E-state index >= 15 is 0 Å². The third-order valence-electron chi connectivity index (χ3n) is 4.12. The highest BCUT2D eigenvalue weighted by Gasteiger charge is 2.13. The zero-order valence-corrected chi connectivity index (χ0v) is 13.4. The molecule has 0 saturated carbocycles. The first-order valence-corrected chi connectivity index (χ1v) is 7.99. The number of morpholine rings is 1. The Balaban J connectivity index is 1.70. The Morgan fingerprint density at radius 3 is 2.84 bits per heavy atom. The number of pyridine rings is 1. The van der Waals surface area contributed by atoms with Crippen molar-refractivity contribution < 1.29 is 9.94 Å². The Hall–Kier alpha value is -3.13. The van der Waals surface area contributed by atoms with Gasteiger partial charge in [-0.2, -0.15) is 4.98 Å². The van der Waals surface area contributed by atoms with E-state index in [1.807, 2.05) is 24.3 Å². The summed E-state index contributed by atoms with van der Waals surface area (Å²) in [4.78, 5) is 22.1. The van der Waals surface area contributed by atoms with Crippen LogP contribution in [0.25, 0.3) is 11.0 Å². The molecular formula is C17H17N5O3. The first-order chi connectivity index (χ1) is 12.2. The van der Waals surface area contributed by atoms with Crippen LogP contribution in [-0.2, 0) is 4.74 Å². The standard InChI is InChI=1S/C17H17N5O3/c23-17-20-15(14-5-2-6-18-16(14)22(17)24)19-12-3-1-4-13(11-12)21-7-9-25-10-8-21/h1-6,11,24H,7-10H2,(H,19,20,23). The second-order valence-corrected chi connectivity index (χ2v) is 5.70. The summed E-state index contributed by atoms with van der Waals surface area (Å²) in [6.07, 6.45) is 1.51. The molecule has 4 rings (SSSR count). The number of nitrogens with one attached hydrogen (secondary N) is 1. The van der Waals surface area contributed by atoms with Gasteiger partial charge in [0.05, 0.1) is 18.6 Å². The maximum Gasteiger partial charge on any atom is 0.384 e. The van der Waals surface area contributed by atoms with Crippen LogP contribution < -0.4 is 15.9 Å². The number of nitrogens with zero attached hydrogens (tertiary/aromatic N) is 4. The Morgan fingerprint density at radius 2 is 2.00 bits per heavy atom. The maximum absolute atomic E-state index is 11.9. The number of hydrogen-bond donors (Lipinski definition) is 2. The lowest BCUT2D eigenvalue weighted by Crippen LogP contribution is -2.36. The largest absolute Gasteiger partial charge is 0.422 e. The highest BCUT2D eigenvalue weighted by Crippen LogP contribution is 2.25. The molecule has 3 heterocycles. The van der Waals surface area contributed by atoms with Crippen LogP contribution >= 0.6 is 0 Å². The van der Waals surface area contributed by atoms with Crippen LogP contribution in [0.4, 0.5) is 17.2 Å². The second kappa shape index (κ2) is 6.40. The predicted octanol–water partition coefficient (Wildman–Crippen LogP) is 1.61. The maximum atomic E-state index is 11.9. The molecule has 2 N–H and O–H groups in total. The van der Waals surface area contributed by atoms with Gasteiger partial charge in [-0.15, -0.1) is 4.73 Å². The average molecular weight is 339 g/mol. The van der Waals surface area contributed by atoms with Crippen LogP contribution in [0.5, 0.6) is 0 Å². The number of benzene rings is 1. The minimum Gasteiger partial charge on any atom is -0.422 e. The van der Waals surface area contributed by atoms with Crippen molar-refractivity contribution in [2.45, 2.75) is 0 Å². The fraction of sp³-hybridized carbons (Fsp3) is 0.235. The van der Waals surface area contributed by atoms with Crippen LogP contribution in [0, 0.1) is 0 Å². The van der Waals surface area contributed by atoms with Gasteiger partial charge in [0.15, 0.2) is 5.65 Å². The lowest BCUT2D eigenvalue weighted by atomic mass is 10.2. The van der Waals surface area contributed by atoms with Gasteiger partial charge in [-0.1, -0.05) is 6.07 Å². The molecule has 0 bridgehead atoms. The smallest absolute Gasteiger partial charge is 0.384 e. The van der Waals surface area contributed by atoms with Crippen molar-refractivity contribution in [2.75, 3.05) is 36.5 Å². The minimum atomic E-state index is -0.780. The van der Waals surface area contributed by atoms with Crippen molar-refractivity contribution in [2.24, 2.45) is 0 Å². The number of hydrogen-bond acceptors (Lipinski definition) is 7. The molecule has 1 aliphatic heterocycles. The second-order valence-electron chi connectivity index (χ2n) is 5.70. The lowest BCUT2D eigenvalue weighted by Gasteiger charge is -2.29. The number of anilines is 3. The van der Waals surface area contributed by atoms with Gasteiger partial charge in [-0.05, 0) is 30.3 Å². The molecular weight excluding hydrogens is 322 g/mol. The van der Waals surface area contributed by atoms with Gasteiger partial charge in [0, 0.05) is 30.7 Å². The van der Waals surface area contributed by atoms with Crippen molar-refractivity contribution >= 4 is 28.2 Å². The molecule has 3 aromatic rings. The monoisotopic (exact) mass is 339 g/mol. The predicted molar refractivity (Wildman–Crippen MR) is 93.7 cm³/mol. The van der Waals surface area contributed by atoms with E-state index in [1.165, 1.54) is 6.20 Å². The number of rotatable bonds is 3. The van der Waals surface area contributed by atoms with Gasteiger partial charge >= 0.3 is 5.69 Å². The summed E-state index contributed by atoms with van der Waals surface area (Å²) in [7, 11) is 0. The summed E-state index contributed by atoms with van der Waals surface area (Å²) in [5.41, 5.74) is 1.26. The summed E-state index contributed by atoms with van der Waals surface area (Å²) in [6.45, 7) is 3.11. The number of fused-ring (bicyclic) bond motifs is 1. The molecule has 1 saturated heterocycles. The van der Waals surface area contributed by atoms with Crippen LogP contribution in [0.15, 0.2) is 47.4 Å². The molecule has 0 radical (unpaired) electrons. The van der Waals surface area contributed by atoms with E-state index in [4.69, 9.17) is 4.74 Å². The molecule has 0 unspecified atom stereocenters. The molecule has 0 atom stereocenters. The number of aromatic nitrogens is 3. The molecule has 0 spiro atoms. The van der Waals surface area contributed by atoms with Crippen molar-refractivity contribution in [1.82, 2.24) is 14.7 Å². The third-order valence-corrected chi connectivity index (χ3v) is 4.12. The summed E-state index contributed by atoms with van der Waals surface area (Å²) in [6, 6.07) is 11.4. The highest BCUT2D eigenvalue weighted by molar-refractivity contribution is 5.88. The van der Waals surface area contributed by atoms with E-state index in [1.54, 1.807) is 12.1 Å². The summed E-state index contributed by atoms with van der Waals surface area (Å²) in [5.74, 6) is 0.359. The molecule has 1 aliphatic rings. The molecule has 2 aromatic heterocycles. The third kappa shape index (κ3) is 2.99. The highest BCUT2D eigenvalue weighted by atomic mass is 16.5. The molecule has 8 heteroatoms. The van der Waals surface area contributed by atoms with Gasteiger partial charge in [0.25, 0.3) is 0 Å². The normalized spacial score (nSPS) is 14.6. The van der Waals surface area contributed by atoms with E-state index in [0.717, 1.165) is 24.5 Å². The van der Waals surface area contributed by atoms with Gasteiger partial charge in [-0.25, -0.2) is 9.78 Å². The first kappa shape index (κ1) is 15.4. The summed E-state index contributed by atoms with van der Waals surface area (Å²) < 4.78 is 5.83. The van der Waals surface area contributed by atoms with Crippen molar-refractivity contribution in [3.05, 3.63) is 53.1 Å². The quantitative estimate of drug-likeness (QED) is 0.700. The molecule has 128 valence electrons. The van der Waals surface area contributed by atoms with Crippen molar-refractivity contribution in [1.29, 1.82) is 0 Å². The van der Waals surface area contributed by atoms with Gasteiger partial charge in [-0.3, -0.25) is 0 Å². The fourth-order valence-electron chi connectivity index (χ4n) is 2.88. The fourth-order valence-corrected chi connectivity index (χ4v) is 2.88. The average Bonchev–Trinajstić information content (AvgIpc) is 2.67. The Kier molecular flexibility index (Phi) is 3.95. The molecule has 1 aromatic carbocycles. The molecule has 0 amide bonds. The van der Waals surface area contributed by atoms with Gasteiger partial charge in [0.1, 0.15) is 5.82 Å². The van der Waals surface area contributed by atoms with Crippen LogP contribution in [-0.4, -0.2) is 46.2 Å². The number of ether oxygens (including phenoxy) is 1. The van der Waals surface area contributed by atoms with Gasteiger partial charge < -0.3 is 20.2 Å². The van der Waals surface area contributed by atoms with Gasteiger partial charge in [0.2, 0.25) is 0 Å². The molecule has 0 aliphatic carbocycles. The molecule has 8 nitrogen and oxygen atoms in total. The molecule has 1 fully saturated rings.